The van der Waals surface area contributed by atoms with Crippen LogP contribution in [-0.4, -0.2) is 76.1 Å². The molecule has 7 rings (SSSR count). The molecule has 1 aliphatic carbocycles. The van der Waals surface area contributed by atoms with Gasteiger partial charge in [0.05, 0.1) is 15.2 Å². The standard InChI is InChI=1S/C47H53N7O7S2.K/c1-31-49-51-45(52-50-31)35-18-14-34(15-19-35)30-48-44(55)13-8-7-9-26-54-41-23-21-37(63(59,60)61)29-39(41)47(4,5)43(54)25-17-33-12-10-11-32(27-33)16-24-42-46(2,3)38-28-36(62(56,57)58)20-22-40(38)53(42)6;/h14-25,27-29H,7-13,26,30H2,1-6H3,(H2-,48,55,56,57,58,59,60,61);/q;+1/p-1. The summed E-state index contributed by atoms with van der Waals surface area (Å²) in [6, 6.07) is 16.7. The Morgan fingerprint density at radius 1 is 0.812 bits per heavy atom. The number of aryl methyl sites for hydroxylation is 1. The molecule has 0 fully saturated rings. The molecule has 0 saturated carbocycles. The molecule has 0 bridgehead atoms. The molecule has 0 radical (unpaired) electrons. The Morgan fingerprint density at radius 2 is 1.47 bits per heavy atom. The number of amides is 1. The Kier molecular flexibility index (Phi) is 15.3. The zero-order chi connectivity index (χ0) is 45.3. The van der Waals surface area contributed by atoms with Crippen molar-refractivity contribution in [1.29, 1.82) is 0 Å². The van der Waals surface area contributed by atoms with Crippen LogP contribution in [0.2, 0.25) is 0 Å². The number of allylic oxidation sites excluding steroid dienone is 8. The number of carbonyl (C=O) groups excluding carboxylic acids is 1. The average Bonchev–Trinajstić information content (AvgIpc) is 3.57. The Labute approximate surface area is 418 Å². The first-order chi connectivity index (χ1) is 29.7. The van der Waals surface area contributed by atoms with E-state index >= 15 is 0 Å². The number of nitrogens with zero attached hydrogens (tertiary/aromatic N) is 6. The molecule has 0 atom stereocenters. The number of rotatable bonds is 14. The van der Waals surface area contributed by atoms with E-state index in [1.54, 1.807) is 19.1 Å². The maximum atomic E-state index is 12.8. The van der Waals surface area contributed by atoms with Gasteiger partial charge in [0, 0.05) is 59.6 Å². The van der Waals surface area contributed by atoms with Gasteiger partial charge in [-0.1, -0.05) is 62.8 Å². The zero-order valence-electron chi connectivity index (χ0n) is 37.4. The topological polar surface area (TPSA) is 201 Å². The first-order valence-corrected chi connectivity index (χ1v) is 23.8. The minimum absolute atomic E-state index is 0. The number of hydrogen-bond donors (Lipinski definition) is 1. The summed E-state index contributed by atoms with van der Waals surface area (Å²) in [6.07, 6.45) is 15.9. The largest absolute Gasteiger partial charge is 1.00 e. The van der Waals surface area contributed by atoms with Crippen LogP contribution in [0.1, 0.15) is 95.2 Å². The summed E-state index contributed by atoms with van der Waals surface area (Å²) in [5.41, 5.74) is 8.08. The molecule has 4 aromatic rings. The number of unbranched alkanes of at least 4 members (excludes halogenated alkanes) is 2. The zero-order valence-corrected chi connectivity index (χ0v) is 42.1. The summed E-state index contributed by atoms with van der Waals surface area (Å²) >= 11 is 0. The molecule has 0 unspecified atom stereocenters. The Bertz CT molecular complexity index is 2830. The van der Waals surface area contributed by atoms with Gasteiger partial charge in [-0.05, 0) is 112 Å². The third kappa shape index (κ3) is 11.0. The third-order valence-electron chi connectivity index (χ3n) is 12.2. The van der Waals surface area contributed by atoms with Crippen LogP contribution in [0.4, 0.5) is 11.4 Å². The summed E-state index contributed by atoms with van der Waals surface area (Å²) < 4.78 is 73.7. The number of benzene rings is 3. The van der Waals surface area contributed by atoms with Crippen molar-refractivity contribution in [2.75, 3.05) is 18.5 Å². The van der Waals surface area contributed by atoms with Gasteiger partial charge >= 0.3 is 51.4 Å². The molecule has 1 N–H and O–H groups in total. The Hall–Kier alpha value is -4.04. The van der Waals surface area contributed by atoms with Crippen molar-refractivity contribution in [3.8, 4) is 11.4 Å². The van der Waals surface area contributed by atoms with Crippen molar-refractivity contribution >= 4 is 43.2 Å². The van der Waals surface area contributed by atoms with Crippen molar-refractivity contribution < 1.29 is 86.7 Å². The second-order valence-corrected chi connectivity index (χ2v) is 20.1. The predicted molar refractivity (Wildman–Crippen MR) is 238 cm³/mol. The maximum absolute atomic E-state index is 12.8. The van der Waals surface area contributed by atoms with E-state index in [9.17, 15) is 30.7 Å². The SMILES string of the molecule is Cc1nnc(-c2ccc(CNC(=O)CCCCCN3/C(=C\C=C4C=C(/C=C/C5=[N+](C)c6ccc(S(=O)(=O)[O-])cc6C5(C)C)CCC\4)C(C)(C)c4cc(S(=O)(=O)[O-])ccc43)cc2)nn1.[K+]. The fourth-order valence-electron chi connectivity index (χ4n) is 8.72. The van der Waals surface area contributed by atoms with Crippen LogP contribution in [0.15, 0.2) is 118 Å². The summed E-state index contributed by atoms with van der Waals surface area (Å²) in [5.74, 6) is 0.895. The van der Waals surface area contributed by atoms with Crippen LogP contribution in [-0.2, 0) is 42.4 Å². The number of aromatic nitrogens is 4. The quantitative estimate of drug-likeness (QED) is 0.0819. The van der Waals surface area contributed by atoms with Crippen LogP contribution in [0.5, 0.6) is 0 Å². The molecule has 330 valence electrons. The molecule has 0 saturated heterocycles. The smallest absolute Gasteiger partial charge is 0.744 e. The van der Waals surface area contributed by atoms with Gasteiger partial charge in [0.25, 0.3) is 0 Å². The van der Waals surface area contributed by atoms with Crippen molar-refractivity contribution in [2.45, 2.75) is 107 Å². The van der Waals surface area contributed by atoms with Crippen molar-refractivity contribution in [3.05, 3.63) is 130 Å². The Morgan fingerprint density at radius 3 is 2.14 bits per heavy atom. The summed E-state index contributed by atoms with van der Waals surface area (Å²) in [4.78, 5) is 14.5. The van der Waals surface area contributed by atoms with Gasteiger partial charge in [-0.15, -0.1) is 20.4 Å². The van der Waals surface area contributed by atoms with Gasteiger partial charge in [0.15, 0.2) is 11.5 Å². The predicted octanol–water partition coefficient (Wildman–Crippen LogP) is 4.21. The first kappa shape index (κ1) is 49.4. The van der Waals surface area contributed by atoms with Crippen molar-refractivity contribution in [1.82, 2.24) is 25.7 Å². The van der Waals surface area contributed by atoms with Crippen molar-refractivity contribution in [3.63, 3.8) is 0 Å². The number of carbonyl (C=O) groups is 1. The fourth-order valence-corrected chi connectivity index (χ4v) is 9.72. The van der Waals surface area contributed by atoms with Crippen LogP contribution in [0.25, 0.3) is 11.4 Å². The summed E-state index contributed by atoms with van der Waals surface area (Å²) in [7, 11) is -7.32. The number of nitrogens with one attached hydrogen (secondary N) is 1. The van der Waals surface area contributed by atoms with Crippen LogP contribution < -0.4 is 61.6 Å². The van der Waals surface area contributed by atoms with Gasteiger partial charge in [0.2, 0.25) is 17.4 Å². The number of fused-ring (bicyclic) bond motifs is 2. The third-order valence-corrected chi connectivity index (χ3v) is 13.9. The second kappa shape index (κ2) is 19.8. The molecule has 64 heavy (non-hydrogen) atoms. The van der Waals surface area contributed by atoms with Crippen LogP contribution in [0.3, 0.4) is 0 Å². The van der Waals surface area contributed by atoms with E-state index in [0.29, 0.717) is 37.6 Å². The van der Waals surface area contributed by atoms with Gasteiger partial charge in [0.1, 0.15) is 27.3 Å². The van der Waals surface area contributed by atoms with Crippen LogP contribution >= 0.6 is 0 Å². The normalized spacial score (nSPS) is 18.0. The minimum atomic E-state index is -4.66. The van der Waals surface area contributed by atoms with Crippen molar-refractivity contribution in [2.24, 2.45) is 0 Å². The van der Waals surface area contributed by atoms with E-state index in [0.717, 1.165) is 88.3 Å². The van der Waals surface area contributed by atoms with E-state index in [-0.39, 0.29) is 67.1 Å². The van der Waals surface area contributed by atoms with E-state index in [4.69, 9.17) is 0 Å². The molecule has 1 amide bonds. The van der Waals surface area contributed by atoms with E-state index in [1.165, 1.54) is 24.3 Å². The van der Waals surface area contributed by atoms with E-state index in [1.807, 2.05) is 63.6 Å². The maximum Gasteiger partial charge on any atom is 1.00 e. The van der Waals surface area contributed by atoms with Gasteiger partial charge < -0.3 is 19.3 Å². The molecule has 3 aliphatic rings. The van der Waals surface area contributed by atoms with Gasteiger partial charge in [-0.25, -0.2) is 16.8 Å². The van der Waals surface area contributed by atoms with Gasteiger partial charge in [-0.3, -0.25) is 4.79 Å². The minimum Gasteiger partial charge on any atom is -0.744 e. The molecule has 3 heterocycles. The number of anilines is 1. The second-order valence-electron chi connectivity index (χ2n) is 17.4. The molecule has 2 aliphatic heterocycles. The monoisotopic (exact) mass is 929 g/mol. The Balaban J connectivity index is 0.00000680. The molecule has 0 spiro atoms. The first-order valence-electron chi connectivity index (χ1n) is 21.0. The van der Waals surface area contributed by atoms with E-state index < -0.39 is 31.1 Å². The van der Waals surface area contributed by atoms with E-state index in [2.05, 4.69) is 61.0 Å². The molecule has 3 aromatic carbocycles. The van der Waals surface area contributed by atoms with Gasteiger partial charge in [-0.2, -0.15) is 4.58 Å². The summed E-state index contributed by atoms with van der Waals surface area (Å²) in [5, 5.41) is 19.0. The summed E-state index contributed by atoms with van der Waals surface area (Å²) in [6.45, 7) is 10.9. The van der Waals surface area contributed by atoms with Crippen LogP contribution in [0, 0.1) is 6.92 Å². The molecule has 17 heteroatoms. The molecule has 14 nitrogen and oxygen atoms in total. The fraction of sp³-hybridized carbons (Fsp3) is 0.362. The molecular weight excluding hydrogens is 878 g/mol. The number of hydrogen-bond acceptors (Lipinski definition) is 12. The molecular formula is C47H52KN7O7S2. The molecule has 1 aromatic heterocycles. The average molecular weight is 930 g/mol.